The molecule has 6 heteroatoms. The number of tetrazole rings is 1. The van der Waals surface area contributed by atoms with Crippen molar-refractivity contribution in [1.29, 1.82) is 0 Å². The van der Waals surface area contributed by atoms with Gasteiger partial charge in [0.15, 0.2) is 5.82 Å². The van der Waals surface area contributed by atoms with Gasteiger partial charge in [-0.2, -0.15) is 0 Å². The predicted octanol–water partition coefficient (Wildman–Crippen LogP) is 2.42. The molecule has 2 rings (SSSR count). The molecule has 0 saturated heterocycles. The van der Waals surface area contributed by atoms with E-state index < -0.39 is 0 Å². The lowest BCUT2D eigenvalue weighted by Gasteiger charge is -2.13. The first-order chi connectivity index (χ1) is 10.1. The summed E-state index contributed by atoms with van der Waals surface area (Å²) in [5.74, 6) is 0.639. The first-order valence-electron chi connectivity index (χ1n) is 7.36. The van der Waals surface area contributed by atoms with Crippen molar-refractivity contribution in [1.82, 2.24) is 25.5 Å². The minimum Gasteiger partial charge on any atom is -0.307 e. The molecule has 0 radical (unpaired) electrons. The molecule has 1 unspecified atom stereocenters. The van der Waals surface area contributed by atoms with Crippen LogP contribution in [0.4, 0.5) is 4.39 Å². The maximum Gasteiger partial charge on any atom is 0.167 e. The highest BCUT2D eigenvalue weighted by Gasteiger charge is 2.13. The number of hydrogen-bond donors (Lipinski definition) is 1. The van der Waals surface area contributed by atoms with E-state index in [0.717, 1.165) is 36.3 Å². The molecular formula is C15H22FN5. The Labute approximate surface area is 124 Å². The Morgan fingerprint density at radius 1 is 1.38 bits per heavy atom. The molecule has 1 N–H and O–H groups in total. The zero-order chi connectivity index (χ0) is 15.2. The van der Waals surface area contributed by atoms with Crippen molar-refractivity contribution in [2.75, 3.05) is 6.54 Å². The van der Waals surface area contributed by atoms with Gasteiger partial charge in [0.25, 0.3) is 0 Å². The van der Waals surface area contributed by atoms with Gasteiger partial charge in [-0.25, -0.2) is 9.07 Å². The molecule has 0 aliphatic rings. The van der Waals surface area contributed by atoms with E-state index in [1.807, 2.05) is 17.7 Å². The molecule has 2 aromatic rings. The van der Waals surface area contributed by atoms with Crippen LogP contribution in [0.5, 0.6) is 0 Å². The summed E-state index contributed by atoms with van der Waals surface area (Å²) in [6, 6.07) is 5.00. The molecule has 114 valence electrons. The van der Waals surface area contributed by atoms with Crippen molar-refractivity contribution in [2.24, 2.45) is 0 Å². The molecule has 0 saturated carbocycles. The van der Waals surface area contributed by atoms with Gasteiger partial charge in [-0.05, 0) is 66.9 Å². The Balaban J connectivity index is 2.02. The van der Waals surface area contributed by atoms with Gasteiger partial charge in [-0.15, -0.1) is 5.10 Å². The summed E-state index contributed by atoms with van der Waals surface area (Å²) in [7, 11) is 0. The number of aryl methyl sites for hydroxylation is 3. The topological polar surface area (TPSA) is 55.6 Å². The third kappa shape index (κ3) is 4.07. The zero-order valence-corrected chi connectivity index (χ0v) is 12.8. The smallest absolute Gasteiger partial charge is 0.167 e. The molecule has 1 aromatic carbocycles. The molecule has 0 aliphatic carbocycles. The van der Waals surface area contributed by atoms with Crippen LogP contribution in [0.2, 0.25) is 0 Å². The van der Waals surface area contributed by atoms with Gasteiger partial charge in [-0.1, -0.05) is 13.0 Å². The highest BCUT2D eigenvalue weighted by molar-refractivity contribution is 5.26. The summed E-state index contributed by atoms with van der Waals surface area (Å²) < 4.78 is 14.9. The largest absolute Gasteiger partial charge is 0.307 e. The maximum atomic E-state index is 13.1. The van der Waals surface area contributed by atoms with E-state index in [1.165, 1.54) is 6.07 Å². The monoisotopic (exact) mass is 291 g/mol. The summed E-state index contributed by atoms with van der Waals surface area (Å²) in [6.45, 7) is 7.73. The van der Waals surface area contributed by atoms with E-state index in [9.17, 15) is 4.39 Å². The van der Waals surface area contributed by atoms with Gasteiger partial charge >= 0.3 is 0 Å². The van der Waals surface area contributed by atoms with Crippen LogP contribution in [0.25, 0.3) is 0 Å². The molecule has 1 aromatic heterocycles. The van der Waals surface area contributed by atoms with Crippen molar-refractivity contribution >= 4 is 0 Å². The number of rotatable bonds is 7. The van der Waals surface area contributed by atoms with Gasteiger partial charge < -0.3 is 5.32 Å². The van der Waals surface area contributed by atoms with Crippen molar-refractivity contribution in [2.45, 2.75) is 46.2 Å². The summed E-state index contributed by atoms with van der Waals surface area (Å²) in [6.07, 6.45) is 1.85. The molecule has 0 amide bonds. The molecule has 0 spiro atoms. The average molecular weight is 291 g/mol. The fraction of sp³-hybridized carbons (Fsp3) is 0.533. The molecule has 0 bridgehead atoms. The second-order valence-corrected chi connectivity index (χ2v) is 5.26. The lowest BCUT2D eigenvalue weighted by Crippen LogP contribution is -2.23. The lowest BCUT2D eigenvalue weighted by atomic mass is 10.1. The van der Waals surface area contributed by atoms with Gasteiger partial charge in [-0.3, -0.25) is 0 Å². The number of nitrogens with zero attached hydrogens (tertiary/aromatic N) is 4. The number of benzene rings is 1. The normalized spacial score (nSPS) is 12.6. The molecule has 1 heterocycles. The summed E-state index contributed by atoms with van der Waals surface area (Å²) in [4.78, 5) is 0. The molecule has 5 nitrogen and oxygen atoms in total. The van der Waals surface area contributed by atoms with Gasteiger partial charge in [0.05, 0.1) is 6.04 Å². The molecule has 1 atom stereocenters. The minimum atomic E-state index is -0.197. The Morgan fingerprint density at radius 2 is 2.19 bits per heavy atom. The van der Waals surface area contributed by atoms with Crippen LogP contribution in [-0.4, -0.2) is 26.8 Å². The Bertz CT molecular complexity index is 581. The fourth-order valence-electron chi connectivity index (χ4n) is 2.30. The quantitative estimate of drug-likeness (QED) is 0.851. The first-order valence-corrected chi connectivity index (χ1v) is 7.36. The number of aromatic nitrogens is 4. The Hall–Kier alpha value is -1.82. The van der Waals surface area contributed by atoms with E-state index in [2.05, 4.69) is 34.7 Å². The van der Waals surface area contributed by atoms with Crippen molar-refractivity contribution in [3.05, 3.63) is 41.0 Å². The minimum absolute atomic E-state index is 0.120. The van der Waals surface area contributed by atoms with Crippen LogP contribution < -0.4 is 5.32 Å². The van der Waals surface area contributed by atoms with Crippen LogP contribution in [0.15, 0.2) is 18.2 Å². The molecule has 0 aliphatic heterocycles. The Kier molecular flexibility index (Phi) is 5.38. The predicted molar refractivity (Wildman–Crippen MR) is 79.4 cm³/mol. The van der Waals surface area contributed by atoms with E-state index in [4.69, 9.17) is 0 Å². The fourth-order valence-corrected chi connectivity index (χ4v) is 2.30. The van der Waals surface area contributed by atoms with Crippen LogP contribution in [0, 0.1) is 12.7 Å². The van der Waals surface area contributed by atoms with Crippen molar-refractivity contribution < 1.29 is 4.39 Å². The standard InChI is InChI=1S/C15H22FN5/c1-4-8-17-12(3)15-18-19-20-21(15)9-7-13-5-6-14(16)10-11(13)2/h5-6,10,12,17H,4,7-9H2,1-3H3. The van der Waals surface area contributed by atoms with Crippen LogP contribution in [0.3, 0.4) is 0 Å². The maximum absolute atomic E-state index is 13.1. The lowest BCUT2D eigenvalue weighted by molar-refractivity contribution is 0.486. The second kappa shape index (κ2) is 7.26. The molecular weight excluding hydrogens is 269 g/mol. The van der Waals surface area contributed by atoms with Crippen LogP contribution in [0.1, 0.15) is 43.3 Å². The van der Waals surface area contributed by atoms with E-state index in [0.29, 0.717) is 6.54 Å². The van der Waals surface area contributed by atoms with E-state index >= 15 is 0 Å². The molecule has 21 heavy (non-hydrogen) atoms. The average Bonchev–Trinajstić information content (AvgIpc) is 2.92. The number of nitrogens with one attached hydrogen (secondary N) is 1. The van der Waals surface area contributed by atoms with Gasteiger partial charge in [0.2, 0.25) is 0 Å². The van der Waals surface area contributed by atoms with E-state index in [1.54, 1.807) is 6.07 Å². The van der Waals surface area contributed by atoms with E-state index in [-0.39, 0.29) is 11.9 Å². The van der Waals surface area contributed by atoms with Crippen LogP contribution >= 0.6 is 0 Å². The number of halogens is 1. The van der Waals surface area contributed by atoms with Gasteiger partial charge in [0, 0.05) is 6.54 Å². The zero-order valence-electron chi connectivity index (χ0n) is 12.8. The summed E-state index contributed by atoms with van der Waals surface area (Å²) >= 11 is 0. The highest BCUT2D eigenvalue weighted by Crippen LogP contribution is 2.13. The third-order valence-corrected chi connectivity index (χ3v) is 3.55. The van der Waals surface area contributed by atoms with Crippen molar-refractivity contribution in [3.8, 4) is 0 Å². The van der Waals surface area contributed by atoms with Crippen LogP contribution in [-0.2, 0) is 13.0 Å². The second-order valence-electron chi connectivity index (χ2n) is 5.26. The molecule has 0 fully saturated rings. The number of hydrogen-bond acceptors (Lipinski definition) is 4. The summed E-state index contributed by atoms with van der Waals surface area (Å²) in [5, 5.41) is 15.3. The SMILES string of the molecule is CCCNC(C)c1nnnn1CCc1ccc(F)cc1C. The third-order valence-electron chi connectivity index (χ3n) is 3.55. The first kappa shape index (κ1) is 15.6. The van der Waals surface area contributed by atoms with Gasteiger partial charge in [0.1, 0.15) is 5.82 Å². The van der Waals surface area contributed by atoms with Crippen molar-refractivity contribution in [3.63, 3.8) is 0 Å². The summed E-state index contributed by atoms with van der Waals surface area (Å²) in [5.41, 5.74) is 2.08. The highest BCUT2D eigenvalue weighted by atomic mass is 19.1. The Morgan fingerprint density at radius 3 is 2.90 bits per heavy atom.